The Balaban J connectivity index is 3.64. The maximum absolute atomic E-state index is 11.1. The summed E-state index contributed by atoms with van der Waals surface area (Å²) in [6.45, 7) is 5.58. The molecule has 0 bridgehead atoms. The zero-order valence-corrected chi connectivity index (χ0v) is 7.11. The molecule has 0 rings (SSSR count). The number of nitrogens with two attached hydrogens (primary N) is 1. The highest BCUT2D eigenvalue weighted by Crippen LogP contribution is 2.05. The molecule has 0 fully saturated rings. The van der Waals surface area contributed by atoms with Crippen molar-refractivity contribution in [1.82, 2.24) is 0 Å². The average Bonchev–Trinajstić information content (AvgIpc) is 1.80. The van der Waals surface area contributed by atoms with Crippen molar-refractivity contribution in [3.8, 4) is 0 Å². The summed E-state index contributed by atoms with van der Waals surface area (Å²) < 4.78 is 0. The Bertz CT molecular complexity index is 113. The predicted molar refractivity (Wildman–Crippen MR) is 42.8 cm³/mol. The second-order valence-corrected chi connectivity index (χ2v) is 3.25. The second kappa shape index (κ2) is 3.71. The average molecular weight is 143 g/mol. The van der Waals surface area contributed by atoms with E-state index < -0.39 is 5.54 Å². The minimum absolute atomic E-state index is 0.161. The lowest BCUT2D eigenvalue weighted by molar-refractivity contribution is -0.123. The standard InChI is InChI=1S/C8H17NO/c1-4-5-6-7(10)8(2,3)9/h4-6,9H2,1-3H3. The number of hydrogen-bond acceptors (Lipinski definition) is 2. The molecule has 0 amide bonds. The number of carbonyl (C=O) groups excluding carboxylic acids is 1. The van der Waals surface area contributed by atoms with Crippen LogP contribution in [0.5, 0.6) is 0 Å². The van der Waals surface area contributed by atoms with Gasteiger partial charge < -0.3 is 5.73 Å². The van der Waals surface area contributed by atoms with Gasteiger partial charge in [0.15, 0.2) is 5.78 Å². The van der Waals surface area contributed by atoms with Crippen LogP contribution in [0, 0.1) is 0 Å². The molecule has 0 aromatic heterocycles. The van der Waals surface area contributed by atoms with Gasteiger partial charge in [0.2, 0.25) is 0 Å². The van der Waals surface area contributed by atoms with Gasteiger partial charge in [-0.15, -0.1) is 0 Å². The quantitative estimate of drug-likeness (QED) is 0.647. The molecule has 60 valence electrons. The van der Waals surface area contributed by atoms with Crippen LogP contribution >= 0.6 is 0 Å². The number of carbonyl (C=O) groups is 1. The van der Waals surface area contributed by atoms with Crippen molar-refractivity contribution in [3.05, 3.63) is 0 Å². The molecular formula is C8H17NO. The molecule has 0 aromatic rings. The predicted octanol–water partition coefficient (Wildman–Crippen LogP) is 1.48. The maximum Gasteiger partial charge on any atom is 0.152 e. The van der Waals surface area contributed by atoms with Gasteiger partial charge in [-0.1, -0.05) is 13.3 Å². The van der Waals surface area contributed by atoms with Crippen molar-refractivity contribution in [3.63, 3.8) is 0 Å². The zero-order valence-electron chi connectivity index (χ0n) is 7.11. The van der Waals surface area contributed by atoms with E-state index in [0.717, 1.165) is 12.8 Å². The van der Waals surface area contributed by atoms with E-state index in [1.54, 1.807) is 13.8 Å². The summed E-state index contributed by atoms with van der Waals surface area (Å²) in [6.07, 6.45) is 2.64. The van der Waals surface area contributed by atoms with Gasteiger partial charge in [-0.25, -0.2) is 0 Å². The topological polar surface area (TPSA) is 43.1 Å². The van der Waals surface area contributed by atoms with Crippen molar-refractivity contribution in [2.24, 2.45) is 5.73 Å². The van der Waals surface area contributed by atoms with E-state index >= 15 is 0 Å². The zero-order chi connectivity index (χ0) is 8.20. The Kier molecular flexibility index (Phi) is 3.58. The van der Waals surface area contributed by atoms with Crippen molar-refractivity contribution in [1.29, 1.82) is 0 Å². The van der Waals surface area contributed by atoms with Crippen LogP contribution in [0.4, 0.5) is 0 Å². The summed E-state index contributed by atoms with van der Waals surface area (Å²) in [5.41, 5.74) is 4.94. The fourth-order valence-corrected chi connectivity index (χ4v) is 0.660. The minimum Gasteiger partial charge on any atom is -0.319 e. The van der Waals surface area contributed by atoms with Gasteiger partial charge in [-0.05, 0) is 20.3 Å². The molecular weight excluding hydrogens is 126 g/mol. The molecule has 0 aromatic carbocycles. The SMILES string of the molecule is CCCCC(=O)C(C)(C)N. The van der Waals surface area contributed by atoms with E-state index in [2.05, 4.69) is 6.92 Å². The largest absolute Gasteiger partial charge is 0.319 e. The third kappa shape index (κ3) is 3.62. The highest BCUT2D eigenvalue weighted by atomic mass is 16.1. The van der Waals surface area contributed by atoms with E-state index in [1.807, 2.05) is 0 Å². The fraction of sp³-hybridized carbons (Fsp3) is 0.875. The van der Waals surface area contributed by atoms with E-state index in [-0.39, 0.29) is 5.78 Å². The first-order chi connectivity index (χ1) is 4.48. The molecule has 0 heterocycles. The molecule has 0 saturated carbocycles. The van der Waals surface area contributed by atoms with Gasteiger partial charge in [-0.2, -0.15) is 0 Å². The van der Waals surface area contributed by atoms with Crippen LogP contribution in [0.2, 0.25) is 0 Å². The van der Waals surface area contributed by atoms with E-state index in [1.165, 1.54) is 0 Å². The normalized spacial score (nSPS) is 11.6. The van der Waals surface area contributed by atoms with Gasteiger partial charge in [0, 0.05) is 6.42 Å². The number of rotatable bonds is 4. The van der Waals surface area contributed by atoms with Crippen LogP contribution in [0.3, 0.4) is 0 Å². The van der Waals surface area contributed by atoms with Crippen molar-refractivity contribution in [2.45, 2.75) is 45.6 Å². The smallest absolute Gasteiger partial charge is 0.152 e. The molecule has 2 N–H and O–H groups in total. The number of Topliss-reactive ketones (excluding diaryl/α,β-unsaturated/α-hetero) is 1. The van der Waals surface area contributed by atoms with Crippen LogP contribution in [0.1, 0.15) is 40.0 Å². The fourth-order valence-electron chi connectivity index (χ4n) is 0.660. The summed E-state index contributed by atoms with van der Waals surface area (Å²) in [5.74, 6) is 0.161. The highest BCUT2D eigenvalue weighted by Gasteiger charge is 2.20. The third-order valence-corrected chi connectivity index (χ3v) is 1.48. The Morgan fingerprint density at radius 3 is 2.30 bits per heavy atom. The van der Waals surface area contributed by atoms with Gasteiger partial charge in [0.1, 0.15) is 0 Å². The molecule has 0 spiro atoms. The molecule has 2 heteroatoms. The molecule has 0 atom stereocenters. The van der Waals surface area contributed by atoms with Crippen LogP contribution < -0.4 is 5.73 Å². The van der Waals surface area contributed by atoms with Crippen LogP contribution in [-0.2, 0) is 4.79 Å². The van der Waals surface area contributed by atoms with E-state index in [0.29, 0.717) is 6.42 Å². The second-order valence-electron chi connectivity index (χ2n) is 3.25. The Labute approximate surface area is 62.8 Å². The van der Waals surface area contributed by atoms with Crippen molar-refractivity contribution in [2.75, 3.05) is 0 Å². The first kappa shape index (κ1) is 9.63. The van der Waals surface area contributed by atoms with Gasteiger partial charge >= 0.3 is 0 Å². The van der Waals surface area contributed by atoms with Gasteiger partial charge in [0.05, 0.1) is 5.54 Å². The first-order valence-corrected chi connectivity index (χ1v) is 3.80. The van der Waals surface area contributed by atoms with E-state index in [9.17, 15) is 4.79 Å². The summed E-state index contributed by atoms with van der Waals surface area (Å²) in [4.78, 5) is 11.1. The Hall–Kier alpha value is -0.370. The lowest BCUT2D eigenvalue weighted by Crippen LogP contribution is -2.41. The molecule has 0 unspecified atom stereocenters. The highest BCUT2D eigenvalue weighted by molar-refractivity contribution is 5.87. The summed E-state index contributed by atoms with van der Waals surface area (Å²) >= 11 is 0. The van der Waals surface area contributed by atoms with Crippen molar-refractivity contribution >= 4 is 5.78 Å². The van der Waals surface area contributed by atoms with Crippen LogP contribution in [-0.4, -0.2) is 11.3 Å². The molecule has 0 saturated heterocycles. The Morgan fingerprint density at radius 1 is 1.50 bits per heavy atom. The number of ketones is 1. The summed E-state index contributed by atoms with van der Waals surface area (Å²) in [5, 5.41) is 0. The summed E-state index contributed by atoms with van der Waals surface area (Å²) in [7, 11) is 0. The van der Waals surface area contributed by atoms with E-state index in [4.69, 9.17) is 5.73 Å². The first-order valence-electron chi connectivity index (χ1n) is 3.80. The van der Waals surface area contributed by atoms with Crippen LogP contribution in [0.25, 0.3) is 0 Å². The molecule has 0 aliphatic carbocycles. The third-order valence-electron chi connectivity index (χ3n) is 1.48. The molecule has 10 heavy (non-hydrogen) atoms. The number of unbranched alkanes of at least 4 members (excludes halogenated alkanes) is 1. The van der Waals surface area contributed by atoms with Crippen LogP contribution in [0.15, 0.2) is 0 Å². The summed E-state index contributed by atoms with van der Waals surface area (Å²) in [6, 6.07) is 0. The molecule has 0 aliphatic heterocycles. The van der Waals surface area contributed by atoms with Gasteiger partial charge in [0.25, 0.3) is 0 Å². The molecule has 2 nitrogen and oxygen atoms in total. The molecule has 0 radical (unpaired) electrons. The Morgan fingerprint density at radius 2 is 2.00 bits per heavy atom. The monoisotopic (exact) mass is 143 g/mol. The maximum atomic E-state index is 11.1. The molecule has 0 aliphatic rings. The van der Waals surface area contributed by atoms with Crippen molar-refractivity contribution < 1.29 is 4.79 Å². The van der Waals surface area contributed by atoms with Gasteiger partial charge in [-0.3, -0.25) is 4.79 Å². The lowest BCUT2D eigenvalue weighted by atomic mass is 9.97. The lowest BCUT2D eigenvalue weighted by Gasteiger charge is -2.15. The number of hydrogen-bond donors (Lipinski definition) is 1. The minimum atomic E-state index is -0.630.